The molecule has 1 aromatic rings. The molecule has 2 unspecified atom stereocenters. The van der Waals surface area contributed by atoms with Gasteiger partial charge >= 0.3 is 0 Å². The molecule has 1 aromatic carbocycles. The summed E-state index contributed by atoms with van der Waals surface area (Å²) >= 11 is 0. The summed E-state index contributed by atoms with van der Waals surface area (Å²) in [6.45, 7) is 5.55. The van der Waals surface area contributed by atoms with Crippen LogP contribution in [0.4, 0.5) is 11.4 Å². The van der Waals surface area contributed by atoms with Crippen LogP contribution in [0.25, 0.3) is 0 Å². The molecule has 2 atom stereocenters. The maximum absolute atomic E-state index is 6.13. The van der Waals surface area contributed by atoms with E-state index in [1.165, 1.54) is 6.42 Å². The van der Waals surface area contributed by atoms with Crippen LogP contribution in [0.2, 0.25) is 0 Å². The number of nitrogen functional groups attached to an aromatic ring is 1. The molecule has 100 valence electrons. The molecule has 0 aliphatic carbocycles. The summed E-state index contributed by atoms with van der Waals surface area (Å²) in [5.41, 5.74) is 7.92. The van der Waals surface area contributed by atoms with Crippen molar-refractivity contribution >= 4 is 11.4 Å². The number of methoxy groups -OCH3 is 2. The predicted molar refractivity (Wildman–Crippen MR) is 74.5 cm³/mol. The number of hydrogen-bond acceptors (Lipinski definition) is 4. The first-order valence-corrected chi connectivity index (χ1v) is 6.35. The van der Waals surface area contributed by atoms with Crippen LogP contribution in [-0.4, -0.2) is 26.8 Å². The number of nitrogens with two attached hydrogens (primary N) is 1. The first-order valence-electron chi connectivity index (χ1n) is 6.35. The Labute approximate surface area is 109 Å². The molecule has 0 amide bonds. The fraction of sp³-hybridized carbons (Fsp3) is 0.571. The minimum atomic E-state index is 0.514. The van der Waals surface area contributed by atoms with E-state index in [2.05, 4.69) is 18.7 Å². The molecule has 0 spiro atoms. The Balaban J connectivity index is 2.39. The molecule has 4 nitrogen and oxygen atoms in total. The number of ether oxygens (including phenoxy) is 2. The highest BCUT2D eigenvalue weighted by Gasteiger charge is 2.28. The van der Waals surface area contributed by atoms with Gasteiger partial charge in [-0.15, -0.1) is 0 Å². The van der Waals surface area contributed by atoms with Gasteiger partial charge in [0.2, 0.25) is 0 Å². The van der Waals surface area contributed by atoms with Gasteiger partial charge in [0.15, 0.2) is 11.5 Å². The molecule has 0 radical (unpaired) electrons. The van der Waals surface area contributed by atoms with E-state index in [1.807, 2.05) is 12.1 Å². The topological polar surface area (TPSA) is 47.7 Å². The van der Waals surface area contributed by atoms with E-state index < -0.39 is 0 Å². The highest BCUT2D eigenvalue weighted by atomic mass is 16.5. The molecule has 18 heavy (non-hydrogen) atoms. The molecule has 2 N–H and O–H groups in total. The molecule has 0 aromatic heterocycles. The van der Waals surface area contributed by atoms with E-state index in [1.54, 1.807) is 14.2 Å². The van der Waals surface area contributed by atoms with Crippen molar-refractivity contribution in [2.24, 2.45) is 5.92 Å². The number of anilines is 2. The highest BCUT2D eigenvalue weighted by molar-refractivity contribution is 5.73. The van der Waals surface area contributed by atoms with Crippen molar-refractivity contribution in [3.05, 3.63) is 12.1 Å². The Kier molecular flexibility index (Phi) is 3.55. The average molecular weight is 250 g/mol. The minimum Gasteiger partial charge on any atom is -0.493 e. The Hall–Kier alpha value is -1.58. The number of hydrogen-bond donors (Lipinski definition) is 1. The second kappa shape index (κ2) is 4.96. The Bertz CT molecular complexity index is 434. The molecule has 1 saturated heterocycles. The van der Waals surface area contributed by atoms with Gasteiger partial charge in [-0.25, -0.2) is 0 Å². The fourth-order valence-corrected chi connectivity index (χ4v) is 2.77. The van der Waals surface area contributed by atoms with Gasteiger partial charge in [0.25, 0.3) is 0 Å². The number of benzene rings is 1. The third kappa shape index (κ3) is 2.19. The van der Waals surface area contributed by atoms with Crippen LogP contribution in [0, 0.1) is 5.92 Å². The third-order valence-electron chi connectivity index (χ3n) is 3.63. The summed E-state index contributed by atoms with van der Waals surface area (Å²) in [6.07, 6.45) is 1.20. The molecule has 1 aliphatic rings. The second-order valence-electron chi connectivity index (χ2n) is 5.11. The van der Waals surface area contributed by atoms with E-state index in [0.29, 0.717) is 17.7 Å². The van der Waals surface area contributed by atoms with Crippen molar-refractivity contribution in [2.75, 3.05) is 31.4 Å². The van der Waals surface area contributed by atoms with Crippen LogP contribution in [0.5, 0.6) is 11.5 Å². The molecule has 0 saturated carbocycles. The summed E-state index contributed by atoms with van der Waals surface area (Å²) < 4.78 is 10.6. The maximum atomic E-state index is 6.13. The Morgan fingerprint density at radius 2 is 1.78 bits per heavy atom. The zero-order valence-corrected chi connectivity index (χ0v) is 11.6. The molecular weight excluding hydrogens is 228 g/mol. The van der Waals surface area contributed by atoms with Crippen molar-refractivity contribution in [2.45, 2.75) is 26.3 Å². The molecule has 0 bridgehead atoms. The van der Waals surface area contributed by atoms with Crippen molar-refractivity contribution in [1.29, 1.82) is 0 Å². The zero-order chi connectivity index (χ0) is 13.3. The summed E-state index contributed by atoms with van der Waals surface area (Å²) in [7, 11) is 3.27. The lowest BCUT2D eigenvalue weighted by Gasteiger charge is -2.26. The molecule has 4 heteroatoms. The van der Waals surface area contributed by atoms with E-state index in [4.69, 9.17) is 15.2 Å². The zero-order valence-electron chi connectivity index (χ0n) is 11.6. The van der Waals surface area contributed by atoms with Gasteiger partial charge in [-0.2, -0.15) is 0 Å². The Morgan fingerprint density at radius 1 is 1.17 bits per heavy atom. The van der Waals surface area contributed by atoms with E-state index in [-0.39, 0.29) is 0 Å². The van der Waals surface area contributed by atoms with Crippen LogP contribution in [0.1, 0.15) is 20.3 Å². The van der Waals surface area contributed by atoms with Crippen molar-refractivity contribution in [3.8, 4) is 11.5 Å². The van der Waals surface area contributed by atoms with Crippen molar-refractivity contribution in [1.82, 2.24) is 0 Å². The van der Waals surface area contributed by atoms with Gasteiger partial charge in [0.1, 0.15) is 0 Å². The largest absolute Gasteiger partial charge is 0.493 e. The van der Waals surface area contributed by atoms with Gasteiger partial charge in [0, 0.05) is 24.7 Å². The summed E-state index contributed by atoms with van der Waals surface area (Å²) in [4.78, 5) is 2.35. The SMILES string of the molecule is COc1cc(N)c(N2CC(C)CC2C)cc1OC. The highest BCUT2D eigenvalue weighted by Crippen LogP contribution is 2.40. The van der Waals surface area contributed by atoms with E-state index in [9.17, 15) is 0 Å². The summed E-state index contributed by atoms with van der Waals surface area (Å²) in [6, 6.07) is 4.33. The van der Waals surface area contributed by atoms with Crippen LogP contribution >= 0.6 is 0 Å². The average Bonchev–Trinajstić information content (AvgIpc) is 2.68. The van der Waals surface area contributed by atoms with Gasteiger partial charge < -0.3 is 20.1 Å². The van der Waals surface area contributed by atoms with Crippen LogP contribution in [0.3, 0.4) is 0 Å². The lowest BCUT2D eigenvalue weighted by molar-refractivity contribution is 0.355. The molecule has 2 rings (SSSR count). The molecule has 1 heterocycles. The molecule has 1 aliphatic heterocycles. The maximum Gasteiger partial charge on any atom is 0.162 e. The predicted octanol–water partition coefficient (Wildman–Crippen LogP) is 2.52. The number of rotatable bonds is 3. The normalized spacial score (nSPS) is 23.2. The first kappa shape index (κ1) is 12.9. The monoisotopic (exact) mass is 250 g/mol. The van der Waals surface area contributed by atoms with E-state index in [0.717, 1.165) is 23.7 Å². The van der Waals surface area contributed by atoms with Crippen LogP contribution in [0.15, 0.2) is 12.1 Å². The molecule has 1 fully saturated rings. The standard InChI is InChI=1S/C14H22N2O2/c1-9-5-10(2)16(8-9)12-7-14(18-4)13(17-3)6-11(12)15/h6-7,9-10H,5,8,15H2,1-4H3. The lowest BCUT2D eigenvalue weighted by Crippen LogP contribution is -2.27. The van der Waals surface area contributed by atoms with Crippen molar-refractivity contribution < 1.29 is 9.47 Å². The molecular formula is C14H22N2O2. The summed E-state index contributed by atoms with van der Waals surface area (Å²) in [5, 5.41) is 0. The quantitative estimate of drug-likeness (QED) is 0.837. The van der Waals surface area contributed by atoms with Crippen LogP contribution < -0.4 is 20.1 Å². The van der Waals surface area contributed by atoms with E-state index >= 15 is 0 Å². The van der Waals surface area contributed by atoms with Gasteiger partial charge in [-0.1, -0.05) is 6.92 Å². The van der Waals surface area contributed by atoms with Gasteiger partial charge in [-0.3, -0.25) is 0 Å². The van der Waals surface area contributed by atoms with Crippen molar-refractivity contribution in [3.63, 3.8) is 0 Å². The van der Waals surface area contributed by atoms with Gasteiger partial charge in [-0.05, 0) is 19.3 Å². The smallest absolute Gasteiger partial charge is 0.162 e. The van der Waals surface area contributed by atoms with Crippen LogP contribution in [-0.2, 0) is 0 Å². The summed E-state index contributed by atoms with van der Waals surface area (Å²) in [5.74, 6) is 2.11. The van der Waals surface area contributed by atoms with Gasteiger partial charge in [0.05, 0.1) is 25.6 Å². The first-order chi connectivity index (χ1) is 8.56. The third-order valence-corrected chi connectivity index (χ3v) is 3.63. The number of nitrogens with zero attached hydrogens (tertiary/aromatic N) is 1. The second-order valence-corrected chi connectivity index (χ2v) is 5.11. The Morgan fingerprint density at radius 3 is 2.28 bits per heavy atom. The lowest BCUT2D eigenvalue weighted by atomic mass is 10.1. The minimum absolute atomic E-state index is 0.514. The fourth-order valence-electron chi connectivity index (χ4n) is 2.77.